The number of rotatable bonds is 5. The Kier molecular flexibility index (Phi) is 4.48. The van der Waals surface area contributed by atoms with Gasteiger partial charge in [0.2, 0.25) is 0 Å². The Labute approximate surface area is 119 Å². The third kappa shape index (κ3) is 3.00. The quantitative estimate of drug-likeness (QED) is 0.820. The molecule has 2 saturated carbocycles. The summed E-state index contributed by atoms with van der Waals surface area (Å²) in [6.07, 6.45) is 11.7. The fourth-order valence-electron chi connectivity index (χ4n) is 5.17. The molecule has 2 nitrogen and oxygen atoms in total. The minimum absolute atomic E-state index is 0.784. The van der Waals surface area contributed by atoms with E-state index < -0.39 is 0 Å². The lowest BCUT2D eigenvalue weighted by atomic mass is 9.76. The first-order valence-corrected chi connectivity index (χ1v) is 8.71. The number of fused-ring (bicyclic) bond motifs is 2. The third-order valence-electron chi connectivity index (χ3n) is 6.15. The van der Waals surface area contributed by atoms with Gasteiger partial charge in [0.1, 0.15) is 0 Å². The summed E-state index contributed by atoms with van der Waals surface area (Å²) >= 11 is 0. The molecule has 3 rings (SSSR count). The Morgan fingerprint density at radius 1 is 1.11 bits per heavy atom. The summed E-state index contributed by atoms with van der Waals surface area (Å²) in [5.41, 5.74) is 0. The summed E-state index contributed by atoms with van der Waals surface area (Å²) in [6.45, 7) is 5.14. The van der Waals surface area contributed by atoms with Crippen LogP contribution < -0.4 is 5.32 Å². The van der Waals surface area contributed by atoms with Gasteiger partial charge in [-0.2, -0.15) is 0 Å². The first-order valence-electron chi connectivity index (χ1n) is 8.71. The number of likely N-dealkylation sites (tertiary alicyclic amines) is 1. The van der Waals surface area contributed by atoms with Crippen LogP contribution in [0, 0.1) is 17.8 Å². The predicted molar refractivity (Wildman–Crippen MR) is 81.3 cm³/mol. The molecule has 3 fully saturated rings. The first kappa shape index (κ1) is 13.9. The van der Waals surface area contributed by atoms with E-state index in [1.54, 1.807) is 0 Å². The average molecular weight is 264 g/mol. The van der Waals surface area contributed by atoms with Crippen molar-refractivity contribution in [2.75, 3.05) is 20.1 Å². The highest BCUT2D eigenvalue weighted by Gasteiger charge is 2.40. The van der Waals surface area contributed by atoms with Crippen LogP contribution in [0.3, 0.4) is 0 Å². The van der Waals surface area contributed by atoms with Gasteiger partial charge in [0.25, 0.3) is 0 Å². The molecule has 2 aliphatic carbocycles. The van der Waals surface area contributed by atoms with Crippen molar-refractivity contribution >= 4 is 0 Å². The van der Waals surface area contributed by atoms with E-state index in [4.69, 9.17) is 0 Å². The summed E-state index contributed by atoms with van der Waals surface area (Å²) in [5.74, 6) is 2.97. The van der Waals surface area contributed by atoms with Gasteiger partial charge < -0.3 is 5.32 Å². The molecule has 1 saturated heterocycles. The van der Waals surface area contributed by atoms with Crippen molar-refractivity contribution in [1.29, 1.82) is 0 Å². The Bertz CT molecular complexity index is 291. The highest BCUT2D eigenvalue weighted by atomic mass is 15.2. The summed E-state index contributed by atoms with van der Waals surface area (Å²) in [5, 5.41) is 3.61. The molecule has 0 aromatic carbocycles. The maximum Gasteiger partial charge on any atom is 0.0105 e. The molecular weight excluding hydrogens is 232 g/mol. The minimum atomic E-state index is 0.784. The summed E-state index contributed by atoms with van der Waals surface area (Å²) < 4.78 is 0. The summed E-state index contributed by atoms with van der Waals surface area (Å²) in [4.78, 5) is 2.84. The summed E-state index contributed by atoms with van der Waals surface area (Å²) in [7, 11) is 2.17. The van der Waals surface area contributed by atoms with Crippen LogP contribution in [0.1, 0.15) is 58.3 Å². The average Bonchev–Trinajstić information content (AvgIpc) is 3.02. The Balaban J connectivity index is 1.56. The van der Waals surface area contributed by atoms with Gasteiger partial charge in [0, 0.05) is 25.2 Å². The topological polar surface area (TPSA) is 15.3 Å². The second kappa shape index (κ2) is 6.13. The van der Waals surface area contributed by atoms with E-state index in [-0.39, 0.29) is 0 Å². The van der Waals surface area contributed by atoms with Crippen LogP contribution in [0.4, 0.5) is 0 Å². The standard InChI is InChI=1S/C17H32N2/c1-3-4-13-6-8-17(18-2)15(9-13)12-19-11-14-5-7-16(19)10-14/h13-18H,3-12H2,1-2H3. The minimum Gasteiger partial charge on any atom is -0.317 e. The van der Waals surface area contributed by atoms with Gasteiger partial charge in [-0.25, -0.2) is 0 Å². The van der Waals surface area contributed by atoms with E-state index in [0.29, 0.717) is 0 Å². The van der Waals surface area contributed by atoms with E-state index in [1.807, 2.05) is 0 Å². The highest BCUT2D eigenvalue weighted by molar-refractivity contribution is 4.95. The van der Waals surface area contributed by atoms with Crippen LogP contribution in [0.5, 0.6) is 0 Å². The van der Waals surface area contributed by atoms with Crippen molar-refractivity contribution in [3.05, 3.63) is 0 Å². The van der Waals surface area contributed by atoms with Crippen molar-refractivity contribution < 1.29 is 0 Å². The molecule has 0 amide bonds. The monoisotopic (exact) mass is 264 g/mol. The van der Waals surface area contributed by atoms with Crippen molar-refractivity contribution in [1.82, 2.24) is 10.2 Å². The van der Waals surface area contributed by atoms with Crippen LogP contribution in [0.25, 0.3) is 0 Å². The molecule has 110 valence electrons. The second-order valence-corrected chi connectivity index (χ2v) is 7.41. The third-order valence-corrected chi connectivity index (χ3v) is 6.15. The molecule has 0 radical (unpaired) electrons. The molecule has 2 bridgehead atoms. The Hall–Kier alpha value is -0.0800. The fourth-order valence-corrected chi connectivity index (χ4v) is 5.17. The zero-order valence-electron chi connectivity index (χ0n) is 12.9. The van der Waals surface area contributed by atoms with E-state index in [9.17, 15) is 0 Å². The van der Waals surface area contributed by atoms with Gasteiger partial charge in [-0.3, -0.25) is 4.90 Å². The molecule has 19 heavy (non-hydrogen) atoms. The van der Waals surface area contributed by atoms with E-state index >= 15 is 0 Å². The molecule has 0 aromatic heterocycles. The Morgan fingerprint density at radius 2 is 2.00 bits per heavy atom. The molecule has 0 aromatic rings. The molecular formula is C17H32N2. The summed E-state index contributed by atoms with van der Waals surface area (Å²) in [6, 6.07) is 1.74. The number of piperidine rings is 1. The van der Waals surface area contributed by atoms with E-state index in [0.717, 1.165) is 29.8 Å². The zero-order chi connectivity index (χ0) is 13.2. The van der Waals surface area contributed by atoms with Gasteiger partial charge in [-0.05, 0) is 63.3 Å². The van der Waals surface area contributed by atoms with Crippen molar-refractivity contribution in [3.63, 3.8) is 0 Å². The van der Waals surface area contributed by atoms with Crippen LogP contribution >= 0.6 is 0 Å². The molecule has 5 atom stereocenters. The van der Waals surface area contributed by atoms with Crippen molar-refractivity contribution in [2.45, 2.75) is 70.4 Å². The number of nitrogens with zero attached hydrogens (tertiary/aromatic N) is 1. The van der Waals surface area contributed by atoms with Crippen LogP contribution in [0.15, 0.2) is 0 Å². The molecule has 1 aliphatic heterocycles. The maximum absolute atomic E-state index is 3.61. The maximum atomic E-state index is 3.61. The van der Waals surface area contributed by atoms with Gasteiger partial charge in [0.15, 0.2) is 0 Å². The molecule has 3 aliphatic rings. The lowest BCUT2D eigenvalue weighted by Gasteiger charge is -2.40. The van der Waals surface area contributed by atoms with Crippen LogP contribution in [0.2, 0.25) is 0 Å². The second-order valence-electron chi connectivity index (χ2n) is 7.41. The molecule has 5 unspecified atom stereocenters. The predicted octanol–water partition coefficient (Wildman–Crippen LogP) is 3.28. The van der Waals surface area contributed by atoms with Crippen LogP contribution in [-0.2, 0) is 0 Å². The van der Waals surface area contributed by atoms with Crippen LogP contribution in [-0.4, -0.2) is 37.1 Å². The number of nitrogens with one attached hydrogen (secondary N) is 1. The van der Waals surface area contributed by atoms with Gasteiger partial charge in [-0.1, -0.05) is 19.8 Å². The smallest absolute Gasteiger partial charge is 0.0105 e. The fraction of sp³-hybridized carbons (Fsp3) is 1.00. The number of hydrogen-bond acceptors (Lipinski definition) is 2. The van der Waals surface area contributed by atoms with Gasteiger partial charge in [0.05, 0.1) is 0 Å². The molecule has 1 heterocycles. The van der Waals surface area contributed by atoms with Gasteiger partial charge >= 0.3 is 0 Å². The van der Waals surface area contributed by atoms with Gasteiger partial charge in [-0.15, -0.1) is 0 Å². The highest BCUT2D eigenvalue weighted by Crippen LogP contribution is 2.40. The Morgan fingerprint density at radius 3 is 2.63 bits per heavy atom. The van der Waals surface area contributed by atoms with E-state index in [2.05, 4.69) is 24.2 Å². The SMILES string of the molecule is CCCC1CCC(NC)C(CN2CC3CCC2C3)C1. The molecule has 1 N–H and O–H groups in total. The lowest BCUT2D eigenvalue weighted by Crippen LogP contribution is -2.46. The lowest BCUT2D eigenvalue weighted by molar-refractivity contribution is 0.118. The van der Waals surface area contributed by atoms with Crippen molar-refractivity contribution in [2.24, 2.45) is 17.8 Å². The normalized spacial score (nSPS) is 42.9. The number of hydrogen-bond donors (Lipinski definition) is 1. The first-order chi connectivity index (χ1) is 9.30. The van der Waals surface area contributed by atoms with Crippen molar-refractivity contribution in [3.8, 4) is 0 Å². The zero-order valence-corrected chi connectivity index (χ0v) is 12.9. The molecule has 2 heteroatoms. The van der Waals surface area contributed by atoms with E-state index in [1.165, 1.54) is 64.5 Å². The largest absolute Gasteiger partial charge is 0.317 e. The molecule has 0 spiro atoms.